The van der Waals surface area contributed by atoms with Gasteiger partial charge in [0, 0.05) is 42.7 Å². The van der Waals surface area contributed by atoms with Gasteiger partial charge in [0.1, 0.15) is 0 Å². The second kappa shape index (κ2) is 5.33. The number of fused-ring (bicyclic) bond motifs is 4. The first-order valence-electron chi connectivity index (χ1n) is 8.42. The van der Waals surface area contributed by atoms with Crippen molar-refractivity contribution in [3.8, 4) is 11.1 Å². The lowest BCUT2D eigenvalue weighted by atomic mass is 9.95. The van der Waals surface area contributed by atoms with Gasteiger partial charge in [-0.25, -0.2) is 0 Å². The van der Waals surface area contributed by atoms with Gasteiger partial charge in [0.2, 0.25) is 0 Å². The summed E-state index contributed by atoms with van der Waals surface area (Å²) < 4.78 is 1.31. The quantitative estimate of drug-likeness (QED) is 0.351. The molecule has 0 bridgehead atoms. The smallest absolute Gasteiger partial charge is 0.0462 e. The van der Waals surface area contributed by atoms with Crippen molar-refractivity contribution in [3.63, 3.8) is 0 Å². The van der Waals surface area contributed by atoms with Crippen LogP contribution in [0, 0.1) is 6.92 Å². The molecule has 0 radical (unpaired) electrons. The molecule has 0 aliphatic carbocycles. The van der Waals surface area contributed by atoms with Gasteiger partial charge in [-0.15, -0.1) is 11.3 Å². The Morgan fingerprint density at radius 1 is 0.880 bits per heavy atom. The van der Waals surface area contributed by atoms with Crippen LogP contribution in [0.2, 0.25) is 0 Å². The Morgan fingerprint density at radius 3 is 2.48 bits per heavy atom. The van der Waals surface area contributed by atoms with Crippen molar-refractivity contribution >= 4 is 49.2 Å². The van der Waals surface area contributed by atoms with E-state index in [2.05, 4.69) is 79.2 Å². The maximum atomic E-state index is 4.09. The van der Waals surface area contributed by atoms with Crippen LogP contribution in [-0.2, 0) is 0 Å². The molecule has 0 saturated carbocycles. The van der Waals surface area contributed by atoms with E-state index in [1.807, 2.05) is 17.4 Å². The first kappa shape index (κ1) is 14.5. The average Bonchev–Trinajstić information content (AvgIpc) is 3.17. The number of thiophene rings is 1. The fraction of sp³-hybridized carbons (Fsp3) is 0.0435. The predicted octanol–water partition coefficient (Wildman–Crippen LogP) is 7.15. The number of hydrogen-bond acceptors (Lipinski definition) is 1. The lowest BCUT2D eigenvalue weighted by Crippen LogP contribution is -1.82. The minimum Gasteiger partial charge on any atom is -0.358 e. The monoisotopic (exact) mass is 339 g/mol. The maximum Gasteiger partial charge on any atom is 0.0462 e. The van der Waals surface area contributed by atoms with Crippen molar-refractivity contribution < 1.29 is 0 Å². The molecule has 5 rings (SSSR count). The number of aryl methyl sites for hydroxylation is 1. The molecule has 0 spiro atoms. The van der Waals surface area contributed by atoms with Gasteiger partial charge in [0.25, 0.3) is 0 Å². The van der Waals surface area contributed by atoms with Gasteiger partial charge in [0.05, 0.1) is 0 Å². The largest absolute Gasteiger partial charge is 0.358 e. The summed E-state index contributed by atoms with van der Waals surface area (Å²) in [6.45, 7) is 6.25. The van der Waals surface area contributed by atoms with Crippen LogP contribution in [0.25, 0.3) is 49.0 Å². The van der Waals surface area contributed by atoms with E-state index in [-0.39, 0.29) is 0 Å². The van der Waals surface area contributed by atoms with E-state index in [1.165, 1.54) is 53.5 Å². The summed E-state index contributed by atoms with van der Waals surface area (Å²) in [5.74, 6) is 0. The summed E-state index contributed by atoms with van der Waals surface area (Å²) >= 11 is 1.82. The molecule has 0 amide bonds. The molecule has 0 saturated heterocycles. The number of hydrogen-bond donors (Lipinski definition) is 1. The minimum absolute atomic E-state index is 1.18. The molecular weight excluding hydrogens is 322 g/mol. The average molecular weight is 339 g/mol. The number of benzene rings is 3. The van der Waals surface area contributed by atoms with Crippen LogP contribution in [0.3, 0.4) is 0 Å². The number of para-hydroxylation sites is 1. The van der Waals surface area contributed by atoms with Crippen molar-refractivity contribution in [2.45, 2.75) is 6.92 Å². The molecule has 120 valence electrons. The molecule has 2 heterocycles. The lowest BCUT2D eigenvalue weighted by molar-refractivity contribution is 1.30. The van der Waals surface area contributed by atoms with Crippen LogP contribution in [0.5, 0.6) is 0 Å². The number of H-pyrrole nitrogens is 1. The lowest BCUT2D eigenvalue weighted by Gasteiger charge is -2.06. The molecule has 0 atom stereocenters. The van der Waals surface area contributed by atoms with Crippen molar-refractivity contribution in [2.75, 3.05) is 0 Å². The molecule has 25 heavy (non-hydrogen) atoms. The molecule has 0 unspecified atom stereocenters. The molecular formula is C23H17NS. The van der Waals surface area contributed by atoms with Gasteiger partial charge < -0.3 is 4.98 Å². The third-order valence-electron chi connectivity index (χ3n) is 4.94. The number of rotatable bonds is 2. The summed E-state index contributed by atoms with van der Waals surface area (Å²) in [4.78, 5) is 4.79. The molecule has 1 N–H and O–H groups in total. The second-order valence-electron chi connectivity index (χ2n) is 6.38. The van der Waals surface area contributed by atoms with E-state index >= 15 is 0 Å². The van der Waals surface area contributed by atoms with Crippen molar-refractivity contribution in [2.24, 2.45) is 0 Å². The molecule has 0 fully saturated rings. The van der Waals surface area contributed by atoms with Gasteiger partial charge in [0.15, 0.2) is 0 Å². The topological polar surface area (TPSA) is 15.8 Å². The van der Waals surface area contributed by atoms with Crippen LogP contribution in [0.4, 0.5) is 0 Å². The highest BCUT2D eigenvalue weighted by atomic mass is 32.1. The SMILES string of the molecule is C=Cc1sc2ccc3ccccc3c2c1-c1c(C)[nH]c2ccccc12. The zero-order valence-corrected chi connectivity index (χ0v) is 14.8. The molecule has 3 aromatic carbocycles. The fourth-order valence-corrected chi connectivity index (χ4v) is 4.95. The van der Waals surface area contributed by atoms with Crippen LogP contribution in [-0.4, -0.2) is 4.98 Å². The Balaban J connectivity index is 2.03. The molecule has 5 aromatic rings. The Morgan fingerprint density at radius 2 is 1.64 bits per heavy atom. The summed E-state index contributed by atoms with van der Waals surface area (Å²) in [5, 5.41) is 5.20. The minimum atomic E-state index is 1.18. The van der Waals surface area contributed by atoms with E-state index in [4.69, 9.17) is 0 Å². The second-order valence-corrected chi connectivity index (χ2v) is 7.46. The Hall–Kier alpha value is -2.84. The molecule has 2 aromatic heterocycles. The normalized spacial score (nSPS) is 11.6. The Bertz CT molecular complexity index is 1270. The molecule has 0 aliphatic heterocycles. The van der Waals surface area contributed by atoms with Crippen molar-refractivity contribution in [1.82, 2.24) is 4.98 Å². The van der Waals surface area contributed by atoms with E-state index in [1.54, 1.807) is 0 Å². The number of aromatic amines is 1. The summed E-state index contributed by atoms with van der Waals surface area (Å²) in [7, 11) is 0. The maximum absolute atomic E-state index is 4.09. The summed E-state index contributed by atoms with van der Waals surface area (Å²) in [5.41, 5.74) is 5.00. The van der Waals surface area contributed by atoms with Crippen LogP contribution >= 0.6 is 11.3 Å². The first-order chi connectivity index (χ1) is 12.3. The standard InChI is InChI=1S/C23H17NS/c1-3-19-23(21-14(2)24-18-11-7-6-10-17(18)21)22-16-9-5-4-8-15(16)12-13-20(22)25-19/h3-13,24H,1H2,2H3. The highest BCUT2D eigenvalue weighted by Gasteiger charge is 2.19. The fourth-order valence-electron chi connectivity index (χ4n) is 3.88. The van der Waals surface area contributed by atoms with E-state index in [0.717, 1.165) is 0 Å². The van der Waals surface area contributed by atoms with Gasteiger partial charge in [-0.3, -0.25) is 0 Å². The van der Waals surface area contributed by atoms with Crippen LogP contribution < -0.4 is 0 Å². The third kappa shape index (κ3) is 2.01. The highest BCUT2D eigenvalue weighted by Crippen LogP contribution is 2.46. The molecule has 0 aliphatic rings. The third-order valence-corrected chi connectivity index (χ3v) is 6.09. The van der Waals surface area contributed by atoms with Crippen LogP contribution in [0.1, 0.15) is 10.6 Å². The van der Waals surface area contributed by atoms with Crippen LogP contribution in [0.15, 0.2) is 67.2 Å². The number of aromatic nitrogens is 1. The predicted molar refractivity (Wildman–Crippen MR) is 111 cm³/mol. The Labute approximate surface area is 150 Å². The van der Waals surface area contributed by atoms with E-state index in [9.17, 15) is 0 Å². The van der Waals surface area contributed by atoms with Gasteiger partial charge in [-0.05, 0) is 29.8 Å². The van der Waals surface area contributed by atoms with E-state index < -0.39 is 0 Å². The summed E-state index contributed by atoms with van der Waals surface area (Å²) in [6, 6.07) is 21.6. The number of nitrogens with one attached hydrogen (secondary N) is 1. The van der Waals surface area contributed by atoms with Crippen molar-refractivity contribution in [3.05, 3.63) is 77.8 Å². The van der Waals surface area contributed by atoms with Gasteiger partial charge >= 0.3 is 0 Å². The summed E-state index contributed by atoms with van der Waals surface area (Å²) in [6.07, 6.45) is 2.00. The molecule has 2 heteroatoms. The van der Waals surface area contributed by atoms with Crippen molar-refractivity contribution in [1.29, 1.82) is 0 Å². The zero-order valence-electron chi connectivity index (χ0n) is 14.0. The molecule has 1 nitrogen and oxygen atoms in total. The van der Waals surface area contributed by atoms with Gasteiger partial charge in [-0.1, -0.05) is 61.2 Å². The first-order valence-corrected chi connectivity index (χ1v) is 9.24. The highest BCUT2D eigenvalue weighted by molar-refractivity contribution is 7.20. The van der Waals surface area contributed by atoms with E-state index in [0.29, 0.717) is 0 Å². The zero-order chi connectivity index (χ0) is 17.0. The Kier molecular flexibility index (Phi) is 3.09. The van der Waals surface area contributed by atoms with Gasteiger partial charge in [-0.2, -0.15) is 0 Å².